The number of nitrogens with two attached hydrogens (primary N) is 1. The molecule has 1 aromatic heterocycles. The average molecular weight is 289 g/mol. The highest BCUT2D eigenvalue weighted by atomic mass is 14.9. The van der Waals surface area contributed by atoms with E-state index in [1.54, 1.807) is 0 Å². The molecule has 1 saturated carbocycles. The van der Waals surface area contributed by atoms with Gasteiger partial charge in [-0.05, 0) is 56.2 Å². The Labute approximate surface area is 129 Å². The van der Waals surface area contributed by atoms with E-state index in [4.69, 9.17) is 5.73 Å². The number of pyridine rings is 1. The zero-order valence-electron chi connectivity index (χ0n) is 13.9. The number of anilines is 1. The number of nitrogen functional groups attached to an aromatic ring is 1. The van der Waals surface area contributed by atoms with E-state index in [0.717, 1.165) is 18.9 Å². The molecular weight excluding hydrogens is 258 g/mol. The highest BCUT2D eigenvalue weighted by Crippen LogP contribution is 2.39. The van der Waals surface area contributed by atoms with E-state index >= 15 is 0 Å². The molecule has 3 N–H and O–H groups in total. The Balaban J connectivity index is 2.16. The summed E-state index contributed by atoms with van der Waals surface area (Å²) in [5, 5.41) is 3.74. The van der Waals surface area contributed by atoms with Gasteiger partial charge in [-0.15, -0.1) is 0 Å². The minimum Gasteiger partial charge on any atom is -0.383 e. The van der Waals surface area contributed by atoms with Gasteiger partial charge in [-0.25, -0.2) is 4.98 Å². The van der Waals surface area contributed by atoms with Crippen LogP contribution in [0.4, 0.5) is 5.82 Å². The van der Waals surface area contributed by atoms with Gasteiger partial charge in [0.25, 0.3) is 0 Å². The Hall–Kier alpha value is -1.09. The van der Waals surface area contributed by atoms with Crippen LogP contribution in [0, 0.1) is 18.8 Å². The van der Waals surface area contributed by atoms with Gasteiger partial charge in [0.1, 0.15) is 5.82 Å². The van der Waals surface area contributed by atoms with E-state index in [9.17, 15) is 0 Å². The Bertz CT molecular complexity index is 436. The number of hydrogen-bond acceptors (Lipinski definition) is 3. The molecule has 1 unspecified atom stereocenters. The van der Waals surface area contributed by atoms with Gasteiger partial charge in [0.2, 0.25) is 0 Å². The summed E-state index contributed by atoms with van der Waals surface area (Å²) in [6.07, 6.45) is 9.70. The summed E-state index contributed by atoms with van der Waals surface area (Å²) in [6, 6.07) is 2.59. The second kappa shape index (κ2) is 7.79. The molecule has 1 atom stereocenters. The first-order valence-electron chi connectivity index (χ1n) is 8.61. The molecule has 1 aromatic rings. The molecule has 0 bridgehead atoms. The van der Waals surface area contributed by atoms with Crippen molar-refractivity contribution >= 4 is 5.82 Å². The maximum absolute atomic E-state index is 6.17. The van der Waals surface area contributed by atoms with E-state index in [2.05, 4.69) is 37.1 Å². The van der Waals surface area contributed by atoms with Crippen LogP contribution in [0.15, 0.2) is 12.3 Å². The van der Waals surface area contributed by atoms with Crippen LogP contribution in [0.2, 0.25) is 0 Å². The predicted molar refractivity (Wildman–Crippen MR) is 90.2 cm³/mol. The molecule has 118 valence electrons. The molecule has 2 rings (SSSR count). The number of aromatic nitrogens is 1. The van der Waals surface area contributed by atoms with Crippen molar-refractivity contribution in [1.29, 1.82) is 0 Å². The van der Waals surface area contributed by atoms with Crippen molar-refractivity contribution < 1.29 is 0 Å². The molecule has 0 aliphatic heterocycles. The van der Waals surface area contributed by atoms with Gasteiger partial charge in [0, 0.05) is 17.8 Å². The van der Waals surface area contributed by atoms with Crippen LogP contribution < -0.4 is 11.1 Å². The van der Waals surface area contributed by atoms with Crippen molar-refractivity contribution in [3.05, 3.63) is 23.4 Å². The van der Waals surface area contributed by atoms with Crippen LogP contribution in [0.5, 0.6) is 0 Å². The summed E-state index contributed by atoms with van der Waals surface area (Å²) < 4.78 is 0. The Morgan fingerprint density at radius 1 is 1.29 bits per heavy atom. The number of rotatable bonds is 6. The fourth-order valence-electron chi connectivity index (χ4n) is 3.61. The number of hydrogen-bond donors (Lipinski definition) is 2. The molecule has 1 heterocycles. The van der Waals surface area contributed by atoms with Crippen molar-refractivity contribution in [2.45, 2.75) is 65.3 Å². The lowest BCUT2D eigenvalue weighted by Gasteiger charge is -2.35. The van der Waals surface area contributed by atoms with Gasteiger partial charge in [-0.3, -0.25) is 0 Å². The summed E-state index contributed by atoms with van der Waals surface area (Å²) >= 11 is 0. The molecule has 3 nitrogen and oxygen atoms in total. The van der Waals surface area contributed by atoms with Gasteiger partial charge >= 0.3 is 0 Å². The third kappa shape index (κ3) is 4.19. The fraction of sp³-hybridized carbons (Fsp3) is 0.722. The van der Waals surface area contributed by atoms with Crippen molar-refractivity contribution in [2.75, 3.05) is 12.3 Å². The van der Waals surface area contributed by atoms with Gasteiger partial charge in [0.05, 0.1) is 0 Å². The highest BCUT2D eigenvalue weighted by Gasteiger charge is 2.29. The monoisotopic (exact) mass is 289 g/mol. The molecule has 0 spiro atoms. The smallest absolute Gasteiger partial charge is 0.128 e. The largest absolute Gasteiger partial charge is 0.383 e. The Morgan fingerprint density at radius 2 is 2.00 bits per heavy atom. The van der Waals surface area contributed by atoms with E-state index in [1.165, 1.54) is 43.2 Å². The highest BCUT2D eigenvalue weighted by molar-refractivity contribution is 5.43. The van der Waals surface area contributed by atoms with Crippen molar-refractivity contribution in [2.24, 2.45) is 11.8 Å². The lowest BCUT2D eigenvalue weighted by Crippen LogP contribution is -2.32. The van der Waals surface area contributed by atoms with Crippen LogP contribution in [-0.4, -0.2) is 11.5 Å². The van der Waals surface area contributed by atoms with Gasteiger partial charge in [-0.1, -0.05) is 33.1 Å². The topological polar surface area (TPSA) is 50.9 Å². The second-order valence-electron chi connectivity index (χ2n) is 6.61. The van der Waals surface area contributed by atoms with Gasteiger partial charge in [-0.2, -0.15) is 0 Å². The van der Waals surface area contributed by atoms with Crippen LogP contribution in [0.1, 0.15) is 69.5 Å². The molecular formula is C18H31N3. The van der Waals surface area contributed by atoms with Crippen molar-refractivity contribution in [1.82, 2.24) is 10.3 Å². The summed E-state index contributed by atoms with van der Waals surface area (Å²) in [5.41, 5.74) is 8.58. The predicted octanol–water partition coefficient (Wildman–Crippen LogP) is 4.23. The molecule has 1 aliphatic rings. The molecule has 1 fully saturated rings. The summed E-state index contributed by atoms with van der Waals surface area (Å²) in [6.45, 7) is 7.68. The van der Waals surface area contributed by atoms with Crippen LogP contribution in [0.25, 0.3) is 0 Å². The molecule has 0 aromatic carbocycles. The summed E-state index contributed by atoms with van der Waals surface area (Å²) in [5.74, 6) is 2.33. The third-order valence-corrected chi connectivity index (χ3v) is 4.98. The molecule has 3 heteroatoms. The van der Waals surface area contributed by atoms with E-state index < -0.39 is 0 Å². The average Bonchev–Trinajstić information content (AvgIpc) is 2.51. The molecule has 0 amide bonds. The third-order valence-electron chi connectivity index (χ3n) is 4.98. The molecule has 0 saturated heterocycles. The Kier molecular flexibility index (Phi) is 6.04. The Morgan fingerprint density at radius 3 is 2.62 bits per heavy atom. The number of nitrogens with zero attached hydrogens (tertiary/aromatic N) is 1. The van der Waals surface area contributed by atoms with Gasteiger partial charge in [0.15, 0.2) is 0 Å². The number of nitrogens with one attached hydrogen (secondary N) is 1. The van der Waals surface area contributed by atoms with Crippen molar-refractivity contribution in [3.8, 4) is 0 Å². The van der Waals surface area contributed by atoms with Crippen LogP contribution >= 0.6 is 0 Å². The molecule has 0 radical (unpaired) electrons. The zero-order chi connectivity index (χ0) is 15.2. The molecule has 21 heavy (non-hydrogen) atoms. The first-order chi connectivity index (χ1) is 10.2. The normalized spacial score (nSPS) is 24.0. The van der Waals surface area contributed by atoms with Crippen LogP contribution in [0.3, 0.4) is 0 Å². The van der Waals surface area contributed by atoms with E-state index in [-0.39, 0.29) is 0 Å². The SMILES string of the molecule is CCCNC(c1cc(C)cnc1N)C1CCC(CC)CC1. The minimum absolute atomic E-state index is 0.371. The molecule has 1 aliphatic carbocycles. The maximum Gasteiger partial charge on any atom is 0.128 e. The van der Waals surface area contributed by atoms with E-state index in [1.807, 2.05) is 6.20 Å². The maximum atomic E-state index is 6.17. The first kappa shape index (κ1) is 16.3. The first-order valence-corrected chi connectivity index (χ1v) is 8.61. The zero-order valence-corrected chi connectivity index (χ0v) is 13.9. The fourth-order valence-corrected chi connectivity index (χ4v) is 3.61. The quantitative estimate of drug-likeness (QED) is 0.824. The van der Waals surface area contributed by atoms with Crippen molar-refractivity contribution in [3.63, 3.8) is 0 Å². The number of aryl methyl sites for hydroxylation is 1. The lowest BCUT2D eigenvalue weighted by atomic mass is 9.76. The van der Waals surface area contributed by atoms with Crippen LogP contribution in [-0.2, 0) is 0 Å². The lowest BCUT2D eigenvalue weighted by molar-refractivity contribution is 0.219. The summed E-state index contributed by atoms with van der Waals surface area (Å²) in [7, 11) is 0. The van der Waals surface area contributed by atoms with Gasteiger partial charge < -0.3 is 11.1 Å². The van der Waals surface area contributed by atoms with E-state index in [0.29, 0.717) is 17.8 Å². The summed E-state index contributed by atoms with van der Waals surface area (Å²) in [4.78, 5) is 4.37. The second-order valence-corrected chi connectivity index (χ2v) is 6.61. The standard InChI is InChI=1S/C18H31N3/c1-4-10-20-17(15-8-6-14(5-2)7-9-15)16-11-13(3)12-21-18(16)19/h11-12,14-15,17,20H,4-10H2,1-3H3,(H2,19,21). The minimum atomic E-state index is 0.371.